The van der Waals surface area contributed by atoms with Gasteiger partial charge in [0.1, 0.15) is 5.75 Å². The van der Waals surface area contributed by atoms with Crippen molar-refractivity contribution >= 4 is 6.41 Å². The van der Waals surface area contributed by atoms with Gasteiger partial charge in [0, 0.05) is 18.6 Å². The van der Waals surface area contributed by atoms with E-state index in [0.29, 0.717) is 0 Å². The van der Waals surface area contributed by atoms with E-state index in [1.54, 1.807) is 7.11 Å². The van der Waals surface area contributed by atoms with E-state index < -0.39 is 0 Å². The van der Waals surface area contributed by atoms with Gasteiger partial charge in [-0.15, -0.1) is 0 Å². The Balaban J connectivity index is 1.71. The van der Waals surface area contributed by atoms with Crippen LogP contribution in [0.2, 0.25) is 0 Å². The van der Waals surface area contributed by atoms with Crippen LogP contribution in [0.25, 0.3) is 0 Å². The number of hydrogen-bond acceptors (Lipinski definition) is 4. The smallest absolute Gasteiger partial charge is 0.207 e. The monoisotopic (exact) mass is 409 g/mol. The summed E-state index contributed by atoms with van der Waals surface area (Å²) in [5.41, 5.74) is 2.42. The molecular weight excluding hydrogens is 374 g/mol. The molecule has 1 aliphatic carbocycles. The number of nitrogens with one attached hydrogen (secondary N) is 1. The largest absolute Gasteiger partial charge is 0.497 e. The summed E-state index contributed by atoms with van der Waals surface area (Å²) in [5, 5.41) is 3.20. The lowest BCUT2D eigenvalue weighted by molar-refractivity contribution is -0.112. The van der Waals surface area contributed by atoms with Gasteiger partial charge in [0.05, 0.1) is 12.6 Å². The predicted molar refractivity (Wildman–Crippen MR) is 122 cm³/mol. The van der Waals surface area contributed by atoms with Crippen LogP contribution in [0.3, 0.4) is 0 Å². The quantitative estimate of drug-likeness (QED) is 0.642. The molecule has 0 aliphatic heterocycles. The van der Waals surface area contributed by atoms with Gasteiger partial charge in [-0.05, 0) is 70.1 Å². The molecule has 0 heterocycles. The van der Waals surface area contributed by atoms with Gasteiger partial charge < -0.3 is 10.1 Å². The molecule has 0 atom stereocenters. The van der Waals surface area contributed by atoms with E-state index in [-0.39, 0.29) is 11.1 Å². The fraction of sp³-hybridized carbons (Fsp3) is 0.480. The minimum absolute atomic E-state index is 0.0177. The molecule has 5 heteroatoms. The van der Waals surface area contributed by atoms with E-state index in [1.165, 1.54) is 11.1 Å². The zero-order valence-corrected chi connectivity index (χ0v) is 18.7. The first-order valence-corrected chi connectivity index (χ1v) is 10.7. The molecule has 1 amide bonds. The summed E-state index contributed by atoms with van der Waals surface area (Å²) in [6, 6.07) is 19.0. The fourth-order valence-electron chi connectivity index (χ4n) is 4.97. The maximum absolute atomic E-state index is 11.5. The Morgan fingerprint density at radius 3 is 2.13 bits per heavy atom. The van der Waals surface area contributed by atoms with E-state index >= 15 is 0 Å². The Labute approximate surface area is 181 Å². The van der Waals surface area contributed by atoms with Crippen LogP contribution in [0.1, 0.15) is 36.8 Å². The first-order chi connectivity index (χ1) is 14.4. The fourth-order valence-corrected chi connectivity index (χ4v) is 4.97. The second kappa shape index (κ2) is 9.63. The van der Waals surface area contributed by atoms with E-state index in [9.17, 15) is 4.79 Å². The molecule has 0 bridgehead atoms. The molecule has 0 radical (unpaired) electrons. The summed E-state index contributed by atoms with van der Waals surface area (Å²) in [6.07, 6.45) is 4.81. The second-order valence-corrected chi connectivity index (χ2v) is 8.85. The molecule has 2 aromatic carbocycles. The summed E-state index contributed by atoms with van der Waals surface area (Å²) in [7, 11) is 8.15. The number of methoxy groups -OCH3 is 1. The molecule has 0 unspecified atom stereocenters. The van der Waals surface area contributed by atoms with Crippen LogP contribution in [0.15, 0.2) is 54.6 Å². The van der Waals surface area contributed by atoms with Crippen molar-refractivity contribution in [1.29, 1.82) is 0 Å². The van der Waals surface area contributed by atoms with Crippen LogP contribution in [-0.4, -0.2) is 56.5 Å². The number of likely N-dealkylation sites (N-methyl/N-ethyl adjacent to an activating group) is 1. The van der Waals surface area contributed by atoms with E-state index in [0.717, 1.165) is 50.9 Å². The minimum atomic E-state index is -0.197. The van der Waals surface area contributed by atoms with Crippen LogP contribution in [-0.2, 0) is 16.9 Å². The zero-order valence-electron chi connectivity index (χ0n) is 18.7. The standard InChI is InChI=1S/C25H35N3O2/c1-27(2)25(22-8-6-5-7-9-22)16-14-24(15-17-25,26-20-29)19-28(3)18-21-10-12-23(30-4)13-11-21/h5-13,20H,14-19H2,1-4H3,(H,26,29). The third-order valence-corrected chi connectivity index (χ3v) is 6.75. The van der Waals surface area contributed by atoms with Gasteiger partial charge in [-0.2, -0.15) is 0 Å². The highest BCUT2D eigenvalue weighted by atomic mass is 16.5. The highest BCUT2D eigenvalue weighted by Crippen LogP contribution is 2.44. The Morgan fingerprint density at radius 2 is 1.60 bits per heavy atom. The molecule has 3 rings (SSSR count). The lowest BCUT2D eigenvalue weighted by Gasteiger charge is -2.50. The van der Waals surface area contributed by atoms with Crippen molar-refractivity contribution in [2.45, 2.75) is 43.3 Å². The number of benzene rings is 2. The summed E-state index contributed by atoms with van der Waals surface area (Å²) < 4.78 is 5.25. The van der Waals surface area contributed by atoms with Crippen LogP contribution >= 0.6 is 0 Å². The molecule has 2 aromatic rings. The molecule has 162 valence electrons. The molecule has 0 aromatic heterocycles. The SMILES string of the molecule is COc1ccc(CN(C)CC2(NC=O)CCC(c3ccccc3)(N(C)C)CC2)cc1. The number of carbonyl (C=O) groups is 1. The van der Waals surface area contributed by atoms with Crippen molar-refractivity contribution < 1.29 is 9.53 Å². The lowest BCUT2D eigenvalue weighted by atomic mass is 9.68. The van der Waals surface area contributed by atoms with Crippen LogP contribution < -0.4 is 10.1 Å². The Kier molecular flexibility index (Phi) is 7.16. The van der Waals surface area contributed by atoms with Crippen molar-refractivity contribution in [1.82, 2.24) is 15.1 Å². The second-order valence-electron chi connectivity index (χ2n) is 8.85. The van der Waals surface area contributed by atoms with Crippen molar-refractivity contribution in [3.63, 3.8) is 0 Å². The van der Waals surface area contributed by atoms with Crippen LogP contribution in [0, 0.1) is 0 Å². The predicted octanol–water partition coefficient (Wildman–Crippen LogP) is 3.64. The lowest BCUT2D eigenvalue weighted by Crippen LogP contribution is -2.58. The average molecular weight is 410 g/mol. The van der Waals surface area contributed by atoms with Gasteiger partial charge in [-0.25, -0.2) is 0 Å². The summed E-state index contributed by atoms with van der Waals surface area (Å²) in [4.78, 5) is 16.2. The van der Waals surface area contributed by atoms with Crippen LogP contribution in [0.4, 0.5) is 0 Å². The highest BCUT2D eigenvalue weighted by Gasteiger charge is 2.45. The van der Waals surface area contributed by atoms with Crippen molar-refractivity contribution in [3.8, 4) is 5.75 Å². The topological polar surface area (TPSA) is 44.8 Å². The normalized spacial score (nSPS) is 24.1. The van der Waals surface area contributed by atoms with E-state index in [1.807, 2.05) is 12.1 Å². The number of ether oxygens (including phenoxy) is 1. The Morgan fingerprint density at radius 1 is 0.967 bits per heavy atom. The highest BCUT2D eigenvalue weighted by molar-refractivity contribution is 5.48. The number of carbonyl (C=O) groups excluding carboxylic acids is 1. The zero-order chi connectivity index (χ0) is 21.6. The third-order valence-electron chi connectivity index (χ3n) is 6.75. The van der Waals surface area contributed by atoms with E-state index in [2.05, 4.69) is 78.7 Å². The number of rotatable bonds is 9. The third kappa shape index (κ3) is 4.85. The molecule has 5 nitrogen and oxygen atoms in total. The van der Waals surface area contributed by atoms with Crippen molar-refractivity contribution in [3.05, 3.63) is 65.7 Å². The van der Waals surface area contributed by atoms with Gasteiger partial charge in [-0.1, -0.05) is 42.5 Å². The summed E-state index contributed by atoms with van der Waals surface area (Å²) >= 11 is 0. The molecule has 30 heavy (non-hydrogen) atoms. The van der Waals surface area contributed by atoms with Crippen molar-refractivity contribution in [2.24, 2.45) is 0 Å². The van der Waals surface area contributed by atoms with E-state index in [4.69, 9.17) is 4.74 Å². The number of nitrogens with zero attached hydrogens (tertiary/aromatic N) is 2. The summed E-state index contributed by atoms with van der Waals surface area (Å²) in [5.74, 6) is 0.869. The minimum Gasteiger partial charge on any atom is -0.497 e. The molecular formula is C25H35N3O2. The first kappa shape index (κ1) is 22.3. The number of hydrogen-bond donors (Lipinski definition) is 1. The van der Waals surface area contributed by atoms with Crippen molar-refractivity contribution in [2.75, 3.05) is 34.8 Å². The molecule has 0 saturated heterocycles. The summed E-state index contributed by atoms with van der Waals surface area (Å²) in [6.45, 7) is 1.67. The maximum Gasteiger partial charge on any atom is 0.207 e. The van der Waals surface area contributed by atoms with Gasteiger partial charge in [-0.3, -0.25) is 14.6 Å². The van der Waals surface area contributed by atoms with Gasteiger partial charge in [0.25, 0.3) is 0 Å². The maximum atomic E-state index is 11.5. The molecule has 1 N–H and O–H groups in total. The molecule has 1 aliphatic rings. The molecule has 0 spiro atoms. The first-order valence-electron chi connectivity index (χ1n) is 10.7. The average Bonchev–Trinajstić information content (AvgIpc) is 2.75. The van der Waals surface area contributed by atoms with Gasteiger partial charge in [0.15, 0.2) is 0 Å². The van der Waals surface area contributed by atoms with Crippen LogP contribution in [0.5, 0.6) is 5.75 Å². The van der Waals surface area contributed by atoms with Gasteiger partial charge >= 0.3 is 0 Å². The molecule has 1 fully saturated rings. The molecule has 1 saturated carbocycles. The Hall–Kier alpha value is -2.37. The number of amides is 1. The van der Waals surface area contributed by atoms with Gasteiger partial charge in [0.2, 0.25) is 6.41 Å². The Bertz CT molecular complexity index is 797.